The first-order chi connectivity index (χ1) is 1.00. The smallest absolute Gasteiger partial charge is 0 e. The standard InChI is InChI=1S/CH2O.Ca.Ti.2H/c1-2;;;;/h1H2;;;;. The SMILES string of the molecule is C=O.[CaH2].[Ti]. The molecule has 0 unspecified atom stereocenters. The van der Waals surface area contributed by atoms with Gasteiger partial charge in [-0.1, -0.05) is 0 Å². The van der Waals surface area contributed by atoms with Gasteiger partial charge in [-0.25, -0.2) is 0 Å². The molecule has 0 N–H and O–H groups in total. The Labute approximate surface area is 70.0 Å². The van der Waals surface area contributed by atoms with Crippen LogP contribution in [-0.4, -0.2) is 44.5 Å². The minimum absolute atomic E-state index is 0. The minimum atomic E-state index is 0. The zero-order valence-corrected chi connectivity index (χ0v) is 3.18. The molecule has 0 aliphatic rings. The zero-order chi connectivity index (χ0) is 2.00. The first-order valence-corrected chi connectivity index (χ1v) is 0.289. The summed E-state index contributed by atoms with van der Waals surface area (Å²) in [6, 6.07) is 0. The number of carbonyl (C=O) groups excluding carboxylic acids is 1. The summed E-state index contributed by atoms with van der Waals surface area (Å²) < 4.78 is 0. The fraction of sp³-hybridized carbons (Fsp3) is 0. The molecule has 0 aromatic heterocycles. The maximum absolute atomic E-state index is 8.00. The molecule has 0 saturated heterocycles. The van der Waals surface area contributed by atoms with Crippen LogP contribution in [0.4, 0.5) is 0 Å². The van der Waals surface area contributed by atoms with Crippen LogP contribution in [0.2, 0.25) is 0 Å². The molecule has 0 spiro atoms. The molecule has 0 aliphatic heterocycles. The van der Waals surface area contributed by atoms with E-state index in [2.05, 4.69) is 0 Å². The van der Waals surface area contributed by atoms with E-state index >= 15 is 0 Å². The van der Waals surface area contributed by atoms with Gasteiger partial charge >= 0.3 is 37.7 Å². The Kier molecular flexibility index (Phi) is 99.3. The molecule has 0 atom stereocenters. The fourth-order valence-electron chi connectivity index (χ4n) is 0. The zero-order valence-electron chi connectivity index (χ0n) is 1.62. The van der Waals surface area contributed by atoms with Crippen LogP contribution in [0.3, 0.4) is 0 Å². The van der Waals surface area contributed by atoms with E-state index < -0.39 is 0 Å². The van der Waals surface area contributed by atoms with E-state index in [1.54, 1.807) is 0 Å². The van der Waals surface area contributed by atoms with E-state index in [4.69, 9.17) is 4.79 Å². The van der Waals surface area contributed by atoms with Gasteiger partial charge in [0.1, 0.15) is 6.79 Å². The van der Waals surface area contributed by atoms with Crippen LogP contribution in [0, 0.1) is 0 Å². The molecule has 4 heavy (non-hydrogen) atoms. The summed E-state index contributed by atoms with van der Waals surface area (Å²) in [6.07, 6.45) is 0. The molecule has 20 valence electrons. The summed E-state index contributed by atoms with van der Waals surface area (Å²) in [5, 5.41) is 0. The minimum Gasteiger partial charge on any atom is 0 e. The van der Waals surface area contributed by atoms with E-state index in [-0.39, 0.29) is 59.5 Å². The molecule has 0 radical (unpaired) electrons. The van der Waals surface area contributed by atoms with Crippen molar-refractivity contribution in [1.29, 1.82) is 0 Å². The van der Waals surface area contributed by atoms with Crippen molar-refractivity contribution in [3.63, 3.8) is 0 Å². The van der Waals surface area contributed by atoms with Gasteiger partial charge in [-0.05, 0) is 0 Å². The maximum Gasteiger partial charge on any atom is 0 e. The quantitative estimate of drug-likeness (QED) is 0.371. The maximum atomic E-state index is 8.00. The Morgan fingerprint density at radius 3 is 1.25 bits per heavy atom. The van der Waals surface area contributed by atoms with Crippen molar-refractivity contribution in [3.8, 4) is 0 Å². The van der Waals surface area contributed by atoms with Gasteiger partial charge < -0.3 is 4.79 Å². The van der Waals surface area contributed by atoms with E-state index in [0.717, 1.165) is 0 Å². The van der Waals surface area contributed by atoms with Gasteiger partial charge in [0.25, 0.3) is 0 Å². The van der Waals surface area contributed by atoms with Gasteiger partial charge in [-0.2, -0.15) is 0 Å². The Bertz CT molecular complexity index is 8.00. The monoisotopic (exact) mass is 120 g/mol. The second kappa shape index (κ2) is 22.8. The molecular formula is CH4CaOTi. The number of hydrogen-bond acceptors (Lipinski definition) is 1. The van der Waals surface area contributed by atoms with Crippen LogP contribution in [0.15, 0.2) is 0 Å². The second-order valence-corrected chi connectivity index (χ2v) is 0. The first-order valence-electron chi connectivity index (χ1n) is 0.289. The van der Waals surface area contributed by atoms with Crippen molar-refractivity contribution in [1.82, 2.24) is 0 Å². The van der Waals surface area contributed by atoms with Crippen molar-refractivity contribution < 1.29 is 26.5 Å². The summed E-state index contributed by atoms with van der Waals surface area (Å²) in [4.78, 5) is 8.00. The number of rotatable bonds is 0. The van der Waals surface area contributed by atoms with Crippen LogP contribution in [0.5, 0.6) is 0 Å². The molecule has 0 aromatic carbocycles. The van der Waals surface area contributed by atoms with E-state index in [1.807, 2.05) is 6.79 Å². The van der Waals surface area contributed by atoms with Crippen molar-refractivity contribution in [2.75, 3.05) is 0 Å². The molecule has 0 saturated carbocycles. The Morgan fingerprint density at radius 1 is 1.25 bits per heavy atom. The van der Waals surface area contributed by atoms with Crippen LogP contribution < -0.4 is 0 Å². The first kappa shape index (κ1) is 17.4. The summed E-state index contributed by atoms with van der Waals surface area (Å²) in [7, 11) is 0. The van der Waals surface area contributed by atoms with Crippen LogP contribution in [-0.2, 0) is 26.5 Å². The average Bonchev–Trinajstić information content (AvgIpc) is 1.00. The Hall–Kier alpha value is 1.64. The van der Waals surface area contributed by atoms with Gasteiger partial charge in [-0.15, -0.1) is 0 Å². The second-order valence-electron chi connectivity index (χ2n) is 0. The molecule has 0 rings (SSSR count). The molecule has 0 fully saturated rings. The molecule has 3 heteroatoms. The van der Waals surface area contributed by atoms with Gasteiger partial charge in [0.05, 0.1) is 0 Å². The molecular weight excluding hydrogens is 116 g/mol. The third-order valence-corrected chi connectivity index (χ3v) is 0. The third-order valence-electron chi connectivity index (χ3n) is 0. The molecule has 0 heterocycles. The average molecular weight is 120 g/mol. The van der Waals surface area contributed by atoms with Crippen LogP contribution in [0.25, 0.3) is 0 Å². The Balaban J connectivity index is -0.00000000500. The summed E-state index contributed by atoms with van der Waals surface area (Å²) in [6.45, 7) is 2.00. The van der Waals surface area contributed by atoms with Crippen molar-refractivity contribution in [2.45, 2.75) is 0 Å². The topological polar surface area (TPSA) is 17.1 Å². The number of hydrogen-bond donors (Lipinski definition) is 0. The molecule has 1 nitrogen and oxygen atoms in total. The normalized spacial score (nSPS) is 1.00. The fourth-order valence-corrected chi connectivity index (χ4v) is 0. The predicted octanol–water partition coefficient (Wildman–Crippen LogP) is -1.10. The summed E-state index contributed by atoms with van der Waals surface area (Å²) in [5.41, 5.74) is 0. The summed E-state index contributed by atoms with van der Waals surface area (Å²) in [5.74, 6) is 0. The molecule has 0 aliphatic carbocycles. The van der Waals surface area contributed by atoms with Crippen molar-refractivity contribution in [3.05, 3.63) is 0 Å². The Morgan fingerprint density at radius 2 is 1.25 bits per heavy atom. The van der Waals surface area contributed by atoms with Gasteiger partial charge in [0.15, 0.2) is 0 Å². The van der Waals surface area contributed by atoms with Gasteiger partial charge in [-0.3, -0.25) is 0 Å². The van der Waals surface area contributed by atoms with Crippen molar-refractivity contribution in [2.24, 2.45) is 0 Å². The predicted molar refractivity (Wildman–Crippen MR) is 15.7 cm³/mol. The largest absolute Gasteiger partial charge is 0 e. The van der Waals surface area contributed by atoms with E-state index in [1.165, 1.54) is 0 Å². The van der Waals surface area contributed by atoms with Crippen LogP contribution >= 0.6 is 0 Å². The summed E-state index contributed by atoms with van der Waals surface area (Å²) >= 11 is 0. The van der Waals surface area contributed by atoms with E-state index in [9.17, 15) is 0 Å². The number of carbonyl (C=O) groups is 1. The van der Waals surface area contributed by atoms with Crippen molar-refractivity contribution >= 4 is 44.5 Å². The van der Waals surface area contributed by atoms with Gasteiger partial charge in [0, 0.05) is 21.7 Å². The molecule has 0 aromatic rings. The van der Waals surface area contributed by atoms with Gasteiger partial charge in [0.2, 0.25) is 0 Å². The molecule has 0 amide bonds. The van der Waals surface area contributed by atoms with E-state index in [0.29, 0.717) is 0 Å². The third kappa shape index (κ3) is 9.43. The van der Waals surface area contributed by atoms with Crippen LogP contribution in [0.1, 0.15) is 0 Å². The molecule has 0 bridgehead atoms.